The molecule has 1 aliphatic rings. The Morgan fingerprint density at radius 1 is 1.33 bits per heavy atom. The first kappa shape index (κ1) is 13.8. The van der Waals surface area contributed by atoms with Crippen molar-refractivity contribution in [3.05, 3.63) is 36.5 Å². The summed E-state index contributed by atoms with van der Waals surface area (Å²) in [6.07, 6.45) is 3.97. The molecule has 0 bridgehead atoms. The van der Waals surface area contributed by atoms with Crippen LogP contribution in [0.2, 0.25) is 0 Å². The molecule has 0 saturated carbocycles. The third kappa shape index (κ3) is 3.13. The molecular formula is C16H20N4O. The molecule has 0 amide bonds. The quantitative estimate of drug-likeness (QED) is 0.935. The van der Waals surface area contributed by atoms with E-state index in [2.05, 4.69) is 14.9 Å². The van der Waals surface area contributed by atoms with E-state index in [1.54, 1.807) is 13.3 Å². The monoisotopic (exact) mass is 284 g/mol. The van der Waals surface area contributed by atoms with Crippen LogP contribution in [0.3, 0.4) is 0 Å². The summed E-state index contributed by atoms with van der Waals surface area (Å²) < 4.78 is 5.27. The number of nitrogens with zero attached hydrogens (tertiary/aromatic N) is 3. The summed E-state index contributed by atoms with van der Waals surface area (Å²) in [6.45, 7) is 1.79. The molecule has 0 spiro atoms. The van der Waals surface area contributed by atoms with Gasteiger partial charge in [0.05, 0.1) is 12.8 Å². The average Bonchev–Trinajstić information content (AvgIpc) is 2.55. The molecule has 0 aliphatic carbocycles. The van der Waals surface area contributed by atoms with Gasteiger partial charge in [-0.15, -0.1) is 0 Å². The van der Waals surface area contributed by atoms with Gasteiger partial charge in [0.25, 0.3) is 0 Å². The predicted molar refractivity (Wildman–Crippen MR) is 83.4 cm³/mol. The third-order valence-corrected chi connectivity index (χ3v) is 3.75. The Balaban J connectivity index is 1.88. The number of methoxy groups -OCH3 is 1. The van der Waals surface area contributed by atoms with E-state index in [0.29, 0.717) is 0 Å². The number of piperidine rings is 1. The van der Waals surface area contributed by atoms with Crippen LogP contribution in [0.1, 0.15) is 12.8 Å². The maximum Gasteiger partial charge on any atom is 0.225 e. The Morgan fingerprint density at radius 3 is 3.05 bits per heavy atom. The lowest BCUT2D eigenvalue weighted by molar-refractivity contribution is 0.415. The number of ether oxygens (including phenoxy) is 1. The van der Waals surface area contributed by atoms with Crippen LogP contribution in [0.25, 0.3) is 11.3 Å². The van der Waals surface area contributed by atoms with Crippen molar-refractivity contribution in [3.8, 4) is 17.0 Å². The molecule has 2 N–H and O–H groups in total. The van der Waals surface area contributed by atoms with E-state index in [4.69, 9.17) is 10.5 Å². The van der Waals surface area contributed by atoms with Crippen LogP contribution in [-0.2, 0) is 0 Å². The molecule has 1 aliphatic heterocycles. The minimum Gasteiger partial charge on any atom is -0.497 e. The lowest BCUT2D eigenvalue weighted by atomic mass is 10.1. The molecule has 1 atom stereocenters. The van der Waals surface area contributed by atoms with Crippen LogP contribution < -0.4 is 15.4 Å². The second-order valence-electron chi connectivity index (χ2n) is 5.32. The highest BCUT2D eigenvalue weighted by molar-refractivity contribution is 5.62. The molecule has 3 rings (SSSR count). The number of rotatable bonds is 3. The van der Waals surface area contributed by atoms with E-state index in [1.165, 1.54) is 0 Å². The Labute approximate surface area is 124 Å². The van der Waals surface area contributed by atoms with E-state index in [-0.39, 0.29) is 6.04 Å². The Hall–Kier alpha value is -2.14. The Kier molecular flexibility index (Phi) is 4.01. The standard InChI is InChI=1S/C16H20N4O/c1-21-14-6-2-4-12(10-14)15-7-8-18-16(19-15)20-9-3-5-13(17)11-20/h2,4,6-8,10,13H,3,5,9,11,17H2,1H3. The zero-order chi connectivity index (χ0) is 14.7. The van der Waals surface area contributed by atoms with E-state index in [0.717, 1.165) is 48.9 Å². The van der Waals surface area contributed by atoms with Crippen molar-refractivity contribution in [1.82, 2.24) is 9.97 Å². The number of hydrogen-bond donors (Lipinski definition) is 1. The maximum absolute atomic E-state index is 6.04. The second kappa shape index (κ2) is 6.10. The molecule has 110 valence electrons. The van der Waals surface area contributed by atoms with Gasteiger partial charge in [-0.2, -0.15) is 0 Å². The largest absolute Gasteiger partial charge is 0.497 e. The van der Waals surface area contributed by atoms with Crippen LogP contribution in [0.15, 0.2) is 36.5 Å². The molecular weight excluding hydrogens is 264 g/mol. The molecule has 1 aromatic carbocycles. The average molecular weight is 284 g/mol. The normalized spacial score (nSPS) is 18.6. The number of aromatic nitrogens is 2. The van der Waals surface area contributed by atoms with Gasteiger partial charge >= 0.3 is 0 Å². The SMILES string of the molecule is COc1cccc(-c2ccnc(N3CCCC(N)C3)n2)c1. The Bertz CT molecular complexity index is 617. The van der Waals surface area contributed by atoms with Crippen LogP contribution in [0.5, 0.6) is 5.75 Å². The van der Waals surface area contributed by atoms with Gasteiger partial charge in [-0.05, 0) is 31.0 Å². The zero-order valence-corrected chi connectivity index (χ0v) is 12.2. The van der Waals surface area contributed by atoms with Crippen LogP contribution >= 0.6 is 0 Å². The molecule has 2 heterocycles. The summed E-state index contributed by atoms with van der Waals surface area (Å²) >= 11 is 0. The van der Waals surface area contributed by atoms with E-state index in [9.17, 15) is 0 Å². The molecule has 0 radical (unpaired) electrons. The van der Waals surface area contributed by atoms with Gasteiger partial charge in [-0.3, -0.25) is 0 Å². The predicted octanol–water partition coefficient (Wildman–Crippen LogP) is 2.08. The van der Waals surface area contributed by atoms with Gasteiger partial charge < -0.3 is 15.4 Å². The molecule has 5 nitrogen and oxygen atoms in total. The number of benzene rings is 1. The summed E-state index contributed by atoms with van der Waals surface area (Å²) in [7, 11) is 1.67. The second-order valence-corrected chi connectivity index (χ2v) is 5.32. The smallest absolute Gasteiger partial charge is 0.225 e. The molecule has 21 heavy (non-hydrogen) atoms. The van der Waals surface area contributed by atoms with E-state index in [1.807, 2.05) is 30.3 Å². The number of hydrogen-bond acceptors (Lipinski definition) is 5. The van der Waals surface area contributed by atoms with Crippen molar-refractivity contribution in [2.45, 2.75) is 18.9 Å². The molecule has 1 aromatic heterocycles. The maximum atomic E-state index is 6.04. The van der Waals surface area contributed by atoms with E-state index >= 15 is 0 Å². The minimum absolute atomic E-state index is 0.211. The molecule has 1 fully saturated rings. The molecule has 2 aromatic rings. The molecule has 1 saturated heterocycles. The first-order chi connectivity index (χ1) is 10.3. The Morgan fingerprint density at radius 2 is 2.24 bits per heavy atom. The van der Waals surface area contributed by atoms with Gasteiger partial charge in [0, 0.05) is 30.9 Å². The summed E-state index contributed by atoms with van der Waals surface area (Å²) in [5.74, 6) is 1.58. The first-order valence-corrected chi connectivity index (χ1v) is 7.24. The number of anilines is 1. The van der Waals surface area contributed by atoms with Crippen molar-refractivity contribution in [2.75, 3.05) is 25.1 Å². The zero-order valence-electron chi connectivity index (χ0n) is 12.2. The van der Waals surface area contributed by atoms with Crippen molar-refractivity contribution >= 4 is 5.95 Å². The van der Waals surface area contributed by atoms with Gasteiger partial charge in [-0.1, -0.05) is 12.1 Å². The van der Waals surface area contributed by atoms with Gasteiger partial charge in [0.15, 0.2) is 0 Å². The minimum atomic E-state index is 0.211. The topological polar surface area (TPSA) is 64.3 Å². The molecule has 1 unspecified atom stereocenters. The summed E-state index contributed by atoms with van der Waals surface area (Å²) in [5.41, 5.74) is 7.96. The van der Waals surface area contributed by atoms with Crippen LogP contribution in [-0.4, -0.2) is 36.2 Å². The van der Waals surface area contributed by atoms with Crippen molar-refractivity contribution in [1.29, 1.82) is 0 Å². The van der Waals surface area contributed by atoms with Crippen molar-refractivity contribution in [2.24, 2.45) is 5.73 Å². The fraction of sp³-hybridized carbons (Fsp3) is 0.375. The highest BCUT2D eigenvalue weighted by Crippen LogP contribution is 2.24. The van der Waals surface area contributed by atoms with Crippen LogP contribution in [0, 0.1) is 0 Å². The highest BCUT2D eigenvalue weighted by atomic mass is 16.5. The molecule has 5 heteroatoms. The summed E-state index contributed by atoms with van der Waals surface area (Å²) in [6, 6.07) is 10.0. The number of nitrogens with two attached hydrogens (primary N) is 1. The van der Waals surface area contributed by atoms with Gasteiger partial charge in [0.2, 0.25) is 5.95 Å². The first-order valence-electron chi connectivity index (χ1n) is 7.24. The lowest BCUT2D eigenvalue weighted by Gasteiger charge is -2.30. The van der Waals surface area contributed by atoms with Crippen LogP contribution in [0.4, 0.5) is 5.95 Å². The fourth-order valence-electron chi connectivity index (χ4n) is 2.64. The highest BCUT2D eigenvalue weighted by Gasteiger charge is 2.19. The summed E-state index contributed by atoms with van der Waals surface area (Å²) in [4.78, 5) is 11.2. The van der Waals surface area contributed by atoms with Gasteiger partial charge in [-0.25, -0.2) is 9.97 Å². The third-order valence-electron chi connectivity index (χ3n) is 3.75. The lowest BCUT2D eigenvalue weighted by Crippen LogP contribution is -2.43. The van der Waals surface area contributed by atoms with Crippen molar-refractivity contribution in [3.63, 3.8) is 0 Å². The summed E-state index contributed by atoms with van der Waals surface area (Å²) in [5, 5.41) is 0. The van der Waals surface area contributed by atoms with E-state index < -0.39 is 0 Å². The van der Waals surface area contributed by atoms with Gasteiger partial charge in [0.1, 0.15) is 5.75 Å². The van der Waals surface area contributed by atoms with Crippen molar-refractivity contribution < 1.29 is 4.74 Å². The fourth-order valence-corrected chi connectivity index (χ4v) is 2.64.